The molecule has 0 spiro atoms. The van der Waals surface area contributed by atoms with Crippen LogP contribution in [0.2, 0.25) is 0 Å². The number of aryl methyl sites for hydroxylation is 3. The van der Waals surface area contributed by atoms with Crippen LogP contribution in [-0.2, 0) is 6.61 Å². The highest BCUT2D eigenvalue weighted by Gasteiger charge is 2.15. The van der Waals surface area contributed by atoms with Crippen molar-refractivity contribution in [1.82, 2.24) is 5.32 Å². The van der Waals surface area contributed by atoms with Crippen LogP contribution in [0.25, 0.3) is 0 Å². The van der Waals surface area contributed by atoms with Gasteiger partial charge in [-0.15, -0.1) is 11.3 Å². The molecule has 0 aliphatic rings. The summed E-state index contributed by atoms with van der Waals surface area (Å²) < 4.78 is 5.82. The fourth-order valence-corrected chi connectivity index (χ4v) is 3.90. The van der Waals surface area contributed by atoms with Crippen molar-refractivity contribution in [3.8, 4) is 5.75 Å². The first kappa shape index (κ1) is 19.2. The maximum atomic E-state index is 12.6. The number of rotatable bonds is 6. The maximum Gasteiger partial charge on any atom is 0.261 e. The smallest absolute Gasteiger partial charge is 0.261 e. The van der Waals surface area contributed by atoms with Gasteiger partial charge >= 0.3 is 0 Å². The summed E-state index contributed by atoms with van der Waals surface area (Å²) in [5.74, 6) is 0.796. The lowest BCUT2D eigenvalue weighted by atomic mass is 10.0. The van der Waals surface area contributed by atoms with Gasteiger partial charge in [0, 0.05) is 5.56 Å². The molecular formula is C23H25NO2S. The topological polar surface area (TPSA) is 38.3 Å². The summed E-state index contributed by atoms with van der Waals surface area (Å²) in [5, 5.41) is 5.08. The number of thiophene rings is 1. The summed E-state index contributed by atoms with van der Waals surface area (Å²) in [7, 11) is 0. The summed E-state index contributed by atoms with van der Waals surface area (Å²) >= 11 is 1.45. The van der Waals surface area contributed by atoms with Gasteiger partial charge in [0.2, 0.25) is 0 Å². The van der Waals surface area contributed by atoms with Gasteiger partial charge in [0.05, 0.1) is 10.9 Å². The van der Waals surface area contributed by atoms with Gasteiger partial charge in [-0.3, -0.25) is 4.79 Å². The van der Waals surface area contributed by atoms with Gasteiger partial charge in [0.25, 0.3) is 5.91 Å². The molecule has 1 amide bonds. The predicted molar refractivity (Wildman–Crippen MR) is 112 cm³/mol. The Morgan fingerprint density at radius 3 is 2.59 bits per heavy atom. The van der Waals surface area contributed by atoms with E-state index in [4.69, 9.17) is 4.74 Å². The molecule has 0 saturated carbocycles. The third kappa shape index (κ3) is 4.98. The zero-order valence-corrected chi connectivity index (χ0v) is 17.0. The molecule has 0 saturated heterocycles. The largest absolute Gasteiger partial charge is 0.489 e. The molecule has 0 aliphatic carbocycles. The first-order chi connectivity index (χ1) is 12.9. The molecule has 3 aromatic rings. The third-order valence-corrected chi connectivity index (χ3v) is 5.49. The van der Waals surface area contributed by atoms with Crippen LogP contribution in [0.3, 0.4) is 0 Å². The molecule has 140 valence electrons. The van der Waals surface area contributed by atoms with Crippen molar-refractivity contribution in [2.45, 2.75) is 40.3 Å². The van der Waals surface area contributed by atoms with Crippen LogP contribution in [0.5, 0.6) is 5.75 Å². The van der Waals surface area contributed by atoms with E-state index in [-0.39, 0.29) is 11.9 Å². The van der Waals surface area contributed by atoms with E-state index in [1.165, 1.54) is 28.0 Å². The molecule has 0 radical (unpaired) electrons. The molecule has 27 heavy (non-hydrogen) atoms. The molecule has 1 unspecified atom stereocenters. The Balaban J connectivity index is 1.61. The van der Waals surface area contributed by atoms with Gasteiger partial charge in [-0.05, 0) is 68.0 Å². The molecule has 3 nitrogen and oxygen atoms in total. The van der Waals surface area contributed by atoms with Crippen LogP contribution < -0.4 is 10.1 Å². The lowest BCUT2D eigenvalue weighted by Gasteiger charge is -2.16. The van der Waals surface area contributed by atoms with Gasteiger partial charge in [-0.2, -0.15) is 0 Å². The van der Waals surface area contributed by atoms with Crippen molar-refractivity contribution in [2.75, 3.05) is 0 Å². The lowest BCUT2D eigenvalue weighted by molar-refractivity contribution is 0.0944. The average Bonchev–Trinajstić information content (AvgIpc) is 3.09. The highest BCUT2D eigenvalue weighted by Crippen LogP contribution is 2.22. The maximum absolute atomic E-state index is 12.6. The lowest BCUT2D eigenvalue weighted by Crippen LogP contribution is -2.26. The number of nitrogens with one attached hydrogen (secondary N) is 1. The Hall–Kier alpha value is -2.59. The van der Waals surface area contributed by atoms with Crippen molar-refractivity contribution < 1.29 is 9.53 Å². The van der Waals surface area contributed by atoms with Crippen LogP contribution in [-0.4, -0.2) is 5.91 Å². The van der Waals surface area contributed by atoms with E-state index in [0.717, 1.165) is 16.9 Å². The molecule has 0 aliphatic heterocycles. The SMILES string of the molecule is Cc1cccc(OCc2csc(C(=O)NC(C)c3ccc(C)cc3C)c2)c1. The van der Waals surface area contributed by atoms with E-state index >= 15 is 0 Å². The summed E-state index contributed by atoms with van der Waals surface area (Å²) in [4.78, 5) is 13.3. The molecular weight excluding hydrogens is 354 g/mol. The molecule has 4 heteroatoms. The molecule has 0 bridgehead atoms. The average molecular weight is 380 g/mol. The van der Waals surface area contributed by atoms with Crippen molar-refractivity contribution in [2.24, 2.45) is 0 Å². The summed E-state index contributed by atoms with van der Waals surface area (Å²) in [6, 6.07) is 16.1. The van der Waals surface area contributed by atoms with Crippen LogP contribution in [0.15, 0.2) is 53.9 Å². The number of benzene rings is 2. The van der Waals surface area contributed by atoms with E-state index in [9.17, 15) is 4.79 Å². The van der Waals surface area contributed by atoms with Gasteiger partial charge in [0.1, 0.15) is 12.4 Å². The third-order valence-electron chi connectivity index (χ3n) is 4.51. The fourth-order valence-electron chi connectivity index (χ4n) is 3.10. The predicted octanol–water partition coefficient (Wildman–Crippen LogP) is 5.74. The van der Waals surface area contributed by atoms with Crippen LogP contribution in [0.1, 0.15) is 50.5 Å². The highest BCUT2D eigenvalue weighted by atomic mass is 32.1. The molecule has 2 aromatic carbocycles. The van der Waals surface area contributed by atoms with Gasteiger partial charge < -0.3 is 10.1 Å². The summed E-state index contributed by atoms with van der Waals surface area (Å²) in [5.41, 5.74) is 5.74. The first-order valence-corrected chi connectivity index (χ1v) is 9.95. The first-order valence-electron chi connectivity index (χ1n) is 9.07. The number of hydrogen-bond acceptors (Lipinski definition) is 3. The normalized spacial score (nSPS) is 11.9. The van der Waals surface area contributed by atoms with E-state index in [1.807, 2.05) is 49.6 Å². The second-order valence-corrected chi connectivity index (χ2v) is 7.89. The van der Waals surface area contributed by atoms with E-state index in [1.54, 1.807) is 0 Å². The minimum absolute atomic E-state index is 0.0350. The number of carbonyl (C=O) groups excluding carboxylic acids is 1. The summed E-state index contributed by atoms with van der Waals surface area (Å²) in [6.07, 6.45) is 0. The van der Waals surface area contributed by atoms with Crippen LogP contribution >= 0.6 is 11.3 Å². The molecule has 1 heterocycles. The molecule has 0 fully saturated rings. The Kier molecular flexibility index (Phi) is 5.97. The fraction of sp³-hybridized carbons (Fsp3) is 0.261. The van der Waals surface area contributed by atoms with Gasteiger partial charge in [0.15, 0.2) is 0 Å². The standard InChI is InChI=1S/C23H25NO2S/c1-15-6-5-7-20(11-15)26-13-19-12-22(27-14-19)23(25)24-18(4)21-9-8-16(2)10-17(21)3/h5-12,14,18H,13H2,1-4H3,(H,24,25). The summed E-state index contributed by atoms with van der Waals surface area (Å²) in [6.45, 7) is 8.67. The Morgan fingerprint density at radius 1 is 1.07 bits per heavy atom. The van der Waals surface area contributed by atoms with Crippen molar-refractivity contribution in [3.63, 3.8) is 0 Å². The number of carbonyl (C=O) groups is 1. The zero-order chi connectivity index (χ0) is 19.4. The number of hydrogen-bond donors (Lipinski definition) is 1. The monoisotopic (exact) mass is 379 g/mol. The van der Waals surface area contributed by atoms with E-state index < -0.39 is 0 Å². The van der Waals surface area contributed by atoms with E-state index in [0.29, 0.717) is 11.5 Å². The quantitative estimate of drug-likeness (QED) is 0.593. The molecule has 1 atom stereocenters. The second kappa shape index (κ2) is 8.40. The minimum Gasteiger partial charge on any atom is -0.489 e. The van der Waals surface area contributed by atoms with Crippen molar-refractivity contribution in [3.05, 3.63) is 86.6 Å². The number of amides is 1. The Bertz CT molecular complexity index is 945. The van der Waals surface area contributed by atoms with Crippen molar-refractivity contribution >= 4 is 17.2 Å². The van der Waals surface area contributed by atoms with E-state index in [2.05, 4.69) is 37.4 Å². The minimum atomic E-state index is -0.0470. The Labute approximate surface area is 165 Å². The molecule has 1 aromatic heterocycles. The zero-order valence-electron chi connectivity index (χ0n) is 16.2. The van der Waals surface area contributed by atoms with Gasteiger partial charge in [-0.25, -0.2) is 0 Å². The molecule has 3 rings (SSSR count). The van der Waals surface area contributed by atoms with Crippen molar-refractivity contribution in [1.29, 1.82) is 0 Å². The van der Waals surface area contributed by atoms with Gasteiger partial charge in [-0.1, -0.05) is 35.9 Å². The molecule has 1 N–H and O–H groups in total. The van der Waals surface area contributed by atoms with Crippen LogP contribution in [0, 0.1) is 20.8 Å². The van der Waals surface area contributed by atoms with Crippen LogP contribution in [0.4, 0.5) is 0 Å². The Morgan fingerprint density at radius 2 is 1.85 bits per heavy atom. The highest BCUT2D eigenvalue weighted by molar-refractivity contribution is 7.12. The second-order valence-electron chi connectivity index (χ2n) is 6.98. The number of ether oxygens (including phenoxy) is 1.